The molecule has 1 aliphatic rings. The van der Waals surface area contributed by atoms with Crippen LogP contribution >= 0.6 is 11.6 Å². The lowest BCUT2D eigenvalue weighted by atomic mass is 9.93. The maximum Gasteiger partial charge on any atom is 0.270 e. The number of alkyl halides is 2. The highest BCUT2D eigenvalue weighted by Crippen LogP contribution is 2.20. The Balaban J connectivity index is 2.21. The lowest BCUT2D eigenvalue weighted by molar-refractivity contribution is -0.123. The largest absolute Gasteiger partial charge is 0.348 e. The summed E-state index contributed by atoms with van der Waals surface area (Å²) in [6.45, 7) is -0.0217. The van der Waals surface area contributed by atoms with E-state index in [1.165, 1.54) is 0 Å². The van der Waals surface area contributed by atoms with Gasteiger partial charge in [-0.15, -0.1) is 0 Å². The molecule has 7 heteroatoms. The maximum absolute atomic E-state index is 12.5. The van der Waals surface area contributed by atoms with Gasteiger partial charge in [0.25, 0.3) is 17.1 Å². The van der Waals surface area contributed by atoms with Gasteiger partial charge in [0.1, 0.15) is 0 Å². The Morgan fingerprint density at radius 1 is 1.50 bits per heavy atom. The van der Waals surface area contributed by atoms with Gasteiger partial charge in [0.05, 0.1) is 5.69 Å². The van der Waals surface area contributed by atoms with E-state index in [2.05, 4.69) is 15.5 Å². The molecule has 18 heavy (non-hydrogen) atoms. The molecule has 1 aromatic heterocycles. The standard InChI is InChI=1S/C11H13ClFN3O2/c12-9(13)11(18)14-5-7-6-3-1-2-4-8(6)15-16-10(7)17/h9H,1-5H2,(H,14,18)(H,16,17). The van der Waals surface area contributed by atoms with E-state index in [1.807, 2.05) is 0 Å². The van der Waals surface area contributed by atoms with Gasteiger partial charge in [0, 0.05) is 12.1 Å². The average molecular weight is 274 g/mol. The molecule has 2 rings (SSSR count). The van der Waals surface area contributed by atoms with Gasteiger partial charge in [-0.25, -0.2) is 9.49 Å². The number of aromatic amines is 1. The van der Waals surface area contributed by atoms with Crippen LogP contribution in [0.5, 0.6) is 0 Å². The second kappa shape index (κ2) is 5.48. The molecule has 0 spiro atoms. The average Bonchev–Trinajstić information content (AvgIpc) is 2.37. The van der Waals surface area contributed by atoms with Crippen molar-refractivity contribution in [2.24, 2.45) is 0 Å². The molecule has 0 saturated carbocycles. The number of rotatable bonds is 3. The number of H-pyrrole nitrogens is 1. The van der Waals surface area contributed by atoms with Gasteiger partial charge < -0.3 is 5.32 Å². The summed E-state index contributed by atoms with van der Waals surface area (Å²) >= 11 is 5.00. The van der Waals surface area contributed by atoms with E-state index < -0.39 is 11.5 Å². The number of aryl methyl sites for hydroxylation is 1. The molecule has 1 atom stereocenters. The zero-order chi connectivity index (χ0) is 13.1. The van der Waals surface area contributed by atoms with Gasteiger partial charge in [-0.05, 0) is 31.2 Å². The Morgan fingerprint density at radius 2 is 2.22 bits per heavy atom. The lowest BCUT2D eigenvalue weighted by Crippen LogP contribution is -2.33. The SMILES string of the molecule is O=C(NCc1c2c(n[nH]c1=O)CCCC2)C(F)Cl. The van der Waals surface area contributed by atoms with E-state index in [9.17, 15) is 14.0 Å². The van der Waals surface area contributed by atoms with E-state index in [0.717, 1.165) is 36.9 Å². The molecule has 1 unspecified atom stereocenters. The molecule has 1 amide bonds. The fourth-order valence-electron chi connectivity index (χ4n) is 2.10. The minimum absolute atomic E-state index is 0.0217. The highest BCUT2D eigenvalue weighted by atomic mass is 35.5. The third-order valence-electron chi connectivity index (χ3n) is 3.01. The first-order valence-corrected chi connectivity index (χ1v) is 6.18. The number of hydrogen-bond acceptors (Lipinski definition) is 3. The predicted octanol–water partition coefficient (Wildman–Crippen LogP) is 0.799. The Morgan fingerprint density at radius 3 is 2.94 bits per heavy atom. The van der Waals surface area contributed by atoms with E-state index in [1.54, 1.807) is 0 Å². The van der Waals surface area contributed by atoms with E-state index in [4.69, 9.17) is 11.6 Å². The van der Waals surface area contributed by atoms with E-state index >= 15 is 0 Å². The Kier molecular flexibility index (Phi) is 3.96. The van der Waals surface area contributed by atoms with Crippen LogP contribution in [0.25, 0.3) is 0 Å². The number of amides is 1. The lowest BCUT2D eigenvalue weighted by Gasteiger charge is -2.17. The number of nitrogens with zero attached hydrogens (tertiary/aromatic N) is 1. The van der Waals surface area contributed by atoms with Gasteiger partial charge in [-0.3, -0.25) is 9.59 Å². The van der Waals surface area contributed by atoms with Crippen LogP contribution in [0, 0.1) is 0 Å². The normalized spacial score (nSPS) is 15.9. The number of carbonyl (C=O) groups is 1. The second-order valence-electron chi connectivity index (χ2n) is 4.18. The third kappa shape index (κ3) is 2.69. The molecule has 1 aliphatic carbocycles. The summed E-state index contributed by atoms with van der Waals surface area (Å²) in [4.78, 5) is 22.7. The van der Waals surface area contributed by atoms with Crippen LogP contribution < -0.4 is 10.9 Å². The van der Waals surface area contributed by atoms with Gasteiger partial charge in [0.2, 0.25) is 0 Å². The second-order valence-corrected chi connectivity index (χ2v) is 4.57. The maximum atomic E-state index is 12.5. The molecule has 1 heterocycles. The summed E-state index contributed by atoms with van der Waals surface area (Å²) in [5, 5.41) is 8.68. The summed E-state index contributed by atoms with van der Waals surface area (Å²) in [7, 11) is 0. The molecule has 0 bridgehead atoms. The molecule has 1 aromatic rings. The first kappa shape index (κ1) is 13.0. The fourth-order valence-corrected chi connectivity index (χ4v) is 2.18. The molecular weight excluding hydrogens is 261 g/mol. The Hall–Kier alpha value is -1.43. The van der Waals surface area contributed by atoms with Gasteiger partial charge in [0.15, 0.2) is 0 Å². The summed E-state index contributed by atoms with van der Waals surface area (Å²) < 4.78 is 12.5. The number of hydrogen-bond donors (Lipinski definition) is 2. The molecule has 98 valence electrons. The summed E-state index contributed by atoms with van der Waals surface area (Å²) in [5.74, 6) is -0.933. The van der Waals surface area contributed by atoms with Crippen LogP contribution in [0.2, 0.25) is 0 Å². The molecule has 0 aliphatic heterocycles. The number of halogens is 2. The minimum atomic E-state index is -2.10. The summed E-state index contributed by atoms with van der Waals surface area (Å²) in [5.41, 5.74) is -0.268. The van der Waals surface area contributed by atoms with Crippen molar-refractivity contribution in [2.45, 2.75) is 37.9 Å². The van der Waals surface area contributed by atoms with Crippen LogP contribution in [0.1, 0.15) is 29.7 Å². The number of aromatic nitrogens is 2. The van der Waals surface area contributed by atoms with Crippen molar-refractivity contribution in [3.63, 3.8) is 0 Å². The van der Waals surface area contributed by atoms with Crippen LogP contribution in [-0.2, 0) is 24.2 Å². The molecule has 0 aromatic carbocycles. The molecule has 5 nitrogen and oxygen atoms in total. The highest BCUT2D eigenvalue weighted by Gasteiger charge is 2.19. The van der Waals surface area contributed by atoms with Crippen LogP contribution in [0.3, 0.4) is 0 Å². The molecule has 2 N–H and O–H groups in total. The summed E-state index contributed by atoms with van der Waals surface area (Å²) in [6.07, 6.45) is 3.60. The van der Waals surface area contributed by atoms with Gasteiger partial charge in [-0.2, -0.15) is 5.10 Å². The number of nitrogens with one attached hydrogen (secondary N) is 2. The quantitative estimate of drug-likeness (QED) is 0.800. The first-order chi connectivity index (χ1) is 8.59. The van der Waals surface area contributed by atoms with Crippen molar-refractivity contribution in [3.05, 3.63) is 27.2 Å². The molecule has 0 radical (unpaired) electrons. The predicted molar refractivity (Wildman–Crippen MR) is 64.1 cm³/mol. The molecular formula is C11H13ClFN3O2. The zero-order valence-electron chi connectivity index (χ0n) is 9.63. The van der Waals surface area contributed by atoms with E-state index in [0.29, 0.717) is 5.56 Å². The van der Waals surface area contributed by atoms with E-state index in [-0.39, 0.29) is 12.1 Å². The van der Waals surface area contributed by atoms with Gasteiger partial charge in [-0.1, -0.05) is 11.6 Å². The Labute approximate surface area is 108 Å². The van der Waals surface area contributed by atoms with Crippen LogP contribution in [0.4, 0.5) is 4.39 Å². The number of carbonyl (C=O) groups excluding carboxylic acids is 1. The highest BCUT2D eigenvalue weighted by molar-refractivity contribution is 6.29. The van der Waals surface area contributed by atoms with Crippen molar-refractivity contribution in [3.8, 4) is 0 Å². The van der Waals surface area contributed by atoms with Crippen molar-refractivity contribution in [2.75, 3.05) is 0 Å². The monoisotopic (exact) mass is 273 g/mol. The topological polar surface area (TPSA) is 74.8 Å². The van der Waals surface area contributed by atoms with Crippen molar-refractivity contribution in [1.82, 2.24) is 15.5 Å². The Bertz CT molecular complexity index is 516. The third-order valence-corrected chi connectivity index (χ3v) is 3.21. The zero-order valence-corrected chi connectivity index (χ0v) is 10.4. The van der Waals surface area contributed by atoms with Gasteiger partial charge >= 0.3 is 0 Å². The molecule has 0 saturated heterocycles. The van der Waals surface area contributed by atoms with Crippen molar-refractivity contribution < 1.29 is 9.18 Å². The fraction of sp³-hybridized carbons (Fsp3) is 0.545. The van der Waals surface area contributed by atoms with Crippen molar-refractivity contribution >= 4 is 17.5 Å². The minimum Gasteiger partial charge on any atom is -0.348 e. The summed E-state index contributed by atoms with van der Waals surface area (Å²) in [6, 6.07) is 0. The van der Waals surface area contributed by atoms with Crippen LogP contribution in [0.15, 0.2) is 4.79 Å². The first-order valence-electron chi connectivity index (χ1n) is 5.74. The number of fused-ring (bicyclic) bond motifs is 1. The molecule has 0 fully saturated rings. The smallest absolute Gasteiger partial charge is 0.270 e. The van der Waals surface area contributed by atoms with Crippen molar-refractivity contribution in [1.29, 1.82) is 0 Å². The van der Waals surface area contributed by atoms with Crippen LogP contribution in [-0.4, -0.2) is 21.7 Å².